The number of halogens is 1. The summed E-state index contributed by atoms with van der Waals surface area (Å²) in [6.45, 7) is 3.70. The molecule has 3 aliphatic rings. The molecule has 5 heterocycles. The van der Waals surface area contributed by atoms with Gasteiger partial charge in [0, 0.05) is 10.9 Å². The third kappa shape index (κ3) is 4.66. The van der Waals surface area contributed by atoms with Crippen LogP contribution in [0.25, 0.3) is 11.2 Å². The van der Waals surface area contributed by atoms with Gasteiger partial charge in [0.25, 0.3) is 0 Å². The number of benzene rings is 1. The van der Waals surface area contributed by atoms with Gasteiger partial charge in [0.05, 0.1) is 32.3 Å². The molecule has 0 amide bonds. The van der Waals surface area contributed by atoms with E-state index in [0.717, 1.165) is 10.0 Å². The van der Waals surface area contributed by atoms with Crippen LogP contribution in [0, 0.1) is 0 Å². The fourth-order valence-electron chi connectivity index (χ4n) is 4.97. The minimum Gasteiger partial charge on any atom is -0.476 e. The topological polar surface area (TPSA) is 168 Å². The highest BCUT2D eigenvalue weighted by Crippen LogP contribution is 2.58. The van der Waals surface area contributed by atoms with Crippen LogP contribution in [0.2, 0.25) is 0 Å². The van der Waals surface area contributed by atoms with Gasteiger partial charge in [-0.3, -0.25) is 18.1 Å². The van der Waals surface area contributed by atoms with Gasteiger partial charge in [0.1, 0.15) is 6.10 Å². The first-order chi connectivity index (χ1) is 18.7. The number of imidazole rings is 1. The lowest BCUT2D eigenvalue weighted by Gasteiger charge is -2.30. The van der Waals surface area contributed by atoms with E-state index in [1.165, 1.54) is 6.33 Å². The van der Waals surface area contributed by atoms with E-state index in [4.69, 9.17) is 38.3 Å². The van der Waals surface area contributed by atoms with E-state index < -0.39 is 44.1 Å². The van der Waals surface area contributed by atoms with E-state index in [1.54, 1.807) is 18.4 Å². The number of phosphoric ester groups is 1. The van der Waals surface area contributed by atoms with E-state index in [2.05, 4.69) is 30.9 Å². The van der Waals surface area contributed by atoms with E-state index in [-0.39, 0.29) is 25.0 Å². The summed E-state index contributed by atoms with van der Waals surface area (Å²) in [6.07, 6.45) is -2.17. The Labute approximate surface area is 230 Å². The molecule has 16 heteroatoms. The molecule has 0 unspecified atom stereocenters. The summed E-state index contributed by atoms with van der Waals surface area (Å²) >= 11 is 3.50. The maximum absolute atomic E-state index is 13.4. The first-order valence-corrected chi connectivity index (χ1v) is 14.5. The number of aromatic nitrogens is 4. The number of fused-ring (bicyclic) bond motifs is 2. The zero-order valence-corrected chi connectivity index (χ0v) is 23.4. The molecule has 2 N–H and O–H groups in total. The van der Waals surface area contributed by atoms with Crippen molar-refractivity contribution >= 4 is 47.0 Å². The quantitative estimate of drug-likeness (QED) is 0.295. The highest BCUT2D eigenvalue weighted by Gasteiger charge is 2.64. The largest absolute Gasteiger partial charge is 0.509 e. The van der Waals surface area contributed by atoms with Crippen molar-refractivity contribution in [1.29, 1.82) is 0 Å². The van der Waals surface area contributed by atoms with Gasteiger partial charge < -0.3 is 24.7 Å². The van der Waals surface area contributed by atoms with Gasteiger partial charge in [0.2, 0.25) is 11.8 Å². The first-order valence-electron chi connectivity index (χ1n) is 12.2. The number of nitrogens with two attached hydrogens (primary N) is 1. The van der Waals surface area contributed by atoms with Crippen molar-refractivity contribution in [3.8, 4) is 5.88 Å². The standard InChI is InChI=1S/C23H25BrN5O9P/c1-3-32-19-16-18(27-21(25)28-19)29(11-26-16)20-23(2)17(36-22(30)37-23)15(35-20)10-34-39(31)33-9-8-14(38-39)12-6-4-5-7-13(12)24/h4-7,11,14-15,17,20H,3,8-10H2,1-2H3,(H2,25,27,28)/t14-,15-,17-,20-,23-,39+/m1/s1. The van der Waals surface area contributed by atoms with Crippen LogP contribution in [0.4, 0.5) is 10.7 Å². The number of hydrogen-bond acceptors (Lipinski definition) is 13. The summed E-state index contributed by atoms with van der Waals surface area (Å²) in [6, 6.07) is 7.48. The van der Waals surface area contributed by atoms with Crippen LogP contribution in [0.5, 0.6) is 5.88 Å². The van der Waals surface area contributed by atoms with E-state index in [0.29, 0.717) is 24.2 Å². The normalized spacial score (nSPS) is 32.1. The van der Waals surface area contributed by atoms with Crippen molar-refractivity contribution < 1.29 is 41.9 Å². The summed E-state index contributed by atoms with van der Waals surface area (Å²) in [5.41, 5.74) is 6.09. The van der Waals surface area contributed by atoms with Crippen molar-refractivity contribution in [2.24, 2.45) is 0 Å². The fourth-order valence-corrected chi connectivity index (χ4v) is 6.89. The number of rotatable bonds is 7. The van der Waals surface area contributed by atoms with Gasteiger partial charge >= 0.3 is 14.0 Å². The Balaban J connectivity index is 1.25. The minimum absolute atomic E-state index is 0.0313. The van der Waals surface area contributed by atoms with Gasteiger partial charge in [-0.25, -0.2) is 14.3 Å². The van der Waals surface area contributed by atoms with Crippen molar-refractivity contribution in [2.75, 3.05) is 25.6 Å². The van der Waals surface area contributed by atoms with Crippen LogP contribution in [0.1, 0.15) is 38.2 Å². The maximum atomic E-state index is 13.4. The van der Waals surface area contributed by atoms with Crippen LogP contribution in [-0.2, 0) is 32.3 Å². The van der Waals surface area contributed by atoms with Crippen LogP contribution in [0.3, 0.4) is 0 Å². The molecule has 3 fully saturated rings. The Bertz CT molecular complexity index is 1470. The molecule has 3 aliphatic heterocycles. The first kappa shape index (κ1) is 26.4. The highest BCUT2D eigenvalue weighted by atomic mass is 79.9. The molecule has 0 spiro atoms. The number of nitrogens with zero attached hydrogens (tertiary/aromatic N) is 4. The third-order valence-corrected chi connectivity index (χ3v) is 8.90. The molecular formula is C23H25BrN5O9P. The summed E-state index contributed by atoms with van der Waals surface area (Å²) in [5, 5.41) is 0. The molecule has 2 aromatic heterocycles. The van der Waals surface area contributed by atoms with Crippen LogP contribution in [-0.4, -0.2) is 63.3 Å². The number of anilines is 1. The van der Waals surface area contributed by atoms with Crippen LogP contribution in [0.15, 0.2) is 35.1 Å². The molecule has 0 bridgehead atoms. The molecule has 0 saturated carbocycles. The predicted octanol–water partition coefficient (Wildman–Crippen LogP) is 4.06. The Morgan fingerprint density at radius 3 is 2.92 bits per heavy atom. The Hall–Kier alpha value is -2.81. The van der Waals surface area contributed by atoms with Gasteiger partial charge in [-0.05, 0) is 25.5 Å². The molecule has 39 heavy (non-hydrogen) atoms. The SMILES string of the molecule is CCOc1nc(N)nc2c1ncn2[C@@H]1O[C@H](CO[P@]2(=O)OCC[C@H](c3ccccc3Br)O2)[C@H]2OC(=O)O[C@]21C. The molecule has 3 saturated heterocycles. The Morgan fingerprint density at radius 2 is 2.13 bits per heavy atom. The zero-order chi connectivity index (χ0) is 27.4. The lowest BCUT2D eigenvalue weighted by molar-refractivity contribution is -0.0926. The number of hydrogen-bond donors (Lipinski definition) is 1. The molecule has 14 nitrogen and oxygen atoms in total. The smallest absolute Gasteiger partial charge is 0.476 e. The molecule has 1 aromatic carbocycles. The number of phosphoric acid groups is 1. The van der Waals surface area contributed by atoms with Crippen molar-refractivity contribution in [3.05, 3.63) is 40.6 Å². The number of carbonyl (C=O) groups is 1. The predicted molar refractivity (Wildman–Crippen MR) is 137 cm³/mol. The van der Waals surface area contributed by atoms with Crippen molar-refractivity contribution in [1.82, 2.24) is 19.5 Å². The number of ether oxygens (including phenoxy) is 4. The number of carbonyl (C=O) groups excluding carboxylic acids is 1. The molecule has 6 rings (SSSR count). The molecule has 0 radical (unpaired) electrons. The van der Waals surface area contributed by atoms with Crippen molar-refractivity contribution in [3.63, 3.8) is 0 Å². The lowest BCUT2D eigenvalue weighted by atomic mass is 9.96. The van der Waals surface area contributed by atoms with E-state index in [9.17, 15) is 9.36 Å². The monoisotopic (exact) mass is 625 g/mol. The molecule has 6 atom stereocenters. The Kier molecular flexibility index (Phi) is 6.76. The second-order valence-corrected chi connectivity index (χ2v) is 11.7. The second kappa shape index (κ2) is 9.98. The average Bonchev–Trinajstić information content (AvgIpc) is 3.52. The number of nitrogen functional groups attached to an aromatic ring is 1. The van der Waals surface area contributed by atoms with Gasteiger partial charge in [-0.15, -0.1) is 0 Å². The molecule has 0 aliphatic carbocycles. The van der Waals surface area contributed by atoms with Gasteiger partial charge in [-0.2, -0.15) is 9.97 Å². The van der Waals surface area contributed by atoms with E-state index in [1.807, 2.05) is 24.3 Å². The van der Waals surface area contributed by atoms with E-state index >= 15 is 0 Å². The van der Waals surface area contributed by atoms with Crippen molar-refractivity contribution in [2.45, 2.75) is 50.4 Å². The molecule has 208 valence electrons. The second-order valence-electron chi connectivity index (χ2n) is 9.23. The van der Waals surface area contributed by atoms with Crippen LogP contribution < -0.4 is 10.5 Å². The summed E-state index contributed by atoms with van der Waals surface area (Å²) in [5.74, 6) is 0.179. The molecule has 3 aromatic rings. The summed E-state index contributed by atoms with van der Waals surface area (Å²) < 4.78 is 55.5. The maximum Gasteiger partial charge on any atom is 0.509 e. The third-order valence-electron chi connectivity index (χ3n) is 6.70. The minimum atomic E-state index is -3.98. The van der Waals surface area contributed by atoms with Gasteiger partial charge in [-0.1, -0.05) is 34.1 Å². The summed E-state index contributed by atoms with van der Waals surface area (Å²) in [4.78, 5) is 25.0. The molecular weight excluding hydrogens is 601 g/mol. The Morgan fingerprint density at radius 1 is 1.31 bits per heavy atom. The van der Waals surface area contributed by atoms with Gasteiger partial charge in [0.15, 0.2) is 29.1 Å². The highest BCUT2D eigenvalue weighted by molar-refractivity contribution is 9.10. The summed E-state index contributed by atoms with van der Waals surface area (Å²) in [7, 11) is -3.98. The van der Waals surface area contributed by atoms with Crippen LogP contribution >= 0.6 is 23.8 Å². The zero-order valence-electron chi connectivity index (χ0n) is 20.9. The fraction of sp³-hybridized carbons (Fsp3) is 0.478. The average molecular weight is 626 g/mol. The lowest BCUT2D eigenvalue weighted by Crippen LogP contribution is -2.42.